The minimum absolute atomic E-state index is 0.117. The molecule has 0 fully saturated rings. The van der Waals surface area contributed by atoms with Crippen molar-refractivity contribution < 1.29 is 8.42 Å². The molecule has 1 heterocycles. The van der Waals surface area contributed by atoms with Crippen LogP contribution in [0.3, 0.4) is 0 Å². The Morgan fingerprint density at radius 3 is 2.75 bits per heavy atom. The van der Waals surface area contributed by atoms with Gasteiger partial charge in [-0.15, -0.1) is 0 Å². The molecule has 1 aromatic carbocycles. The molecule has 0 radical (unpaired) electrons. The van der Waals surface area contributed by atoms with Crippen molar-refractivity contribution >= 4 is 31.6 Å². The third kappa shape index (κ3) is 3.78. The van der Waals surface area contributed by atoms with Crippen molar-refractivity contribution in [1.82, 2.24) is 10.3 Å². The van der Waals surface area contributed by atoms with Crippen LogP contribution >= 0.6 is 15.9 Å². The Kier molecular flexibility index (Phi) is 4.74. The van der Waals surface area contributed by atoms with E-state index in [0.29, 0.717) is 16.7 Å². The Labute approximate surface area is 126 Å². The number of nitrogens with zero attached hydrogens (tertiary/aromatic N) is 1. The highest BCUT2D eigenvalue weighted by Crippen LogP contribution is 2.19. The monoisotopic (exact) mass is 355 g/mol. The zero-order chi connectivity index (χ0) is 14.6. The van der Waals surface area contributed by atoms with Gasteiger partial charge in [0, 0.05) is 29.1 Å². The molecule has 7 heteroatoms. The summed E-state index contributed by atoms with van der Waals surface area (Å²) < 4.78 is 27.6. The number of halogens is 1. The predicted molar refractivity (Wildman–Crippen MR) is 82.0 cm³/mol. The van der Waals surface area contributed by atoms with E-state index in [-0.39, 0.29) is 4.90 Å². The van der Waals surface area contributed by atoms with Crippen molar-refractivity contribution in [2.75, 3.05) is 11.8 Å². The van der Waals surface area contributed by atoms with Gasteiger partial charge in [-0.05, 0) is 46.7 Å². The Morgan fingerprint density at radius 2 is 2.05 bits per heavy atom. The number of hydrogen-bond acceptors (Lipinski definition) is 4. The SMILES string of the molecule is CNCc1cccc(NS(=O)(=O)c2cncc(Br)c2)c1. The molecule has 5 nitrogen and oxygen atoms in total. The zero-order valence-electron chi connectivity index (χ0n) is 10.8. The molecule has 106 valence electrons. The third-order valence-electron chi connectivity index (χ3n) is 2.55. The van der Waals surface area contributed by atoms with Crippen molar-refractivity contribution in [2.45, 2.75) is 11.4 Å². The van der Waals surface area contributed by atoms with Gasteiger partial charge in [-0.3, -0.25) is 9.71 Å². The van der Waals surface area contributed by atoms with Crippen LogP contribution in [0.1, 0.15) is 5.56 Å². The van der Waals surface area contributed by atoms with Gasteiger partial charge in [0.1, 0.15) is 4.90 Å². The first kappa shape index (κ1) is 15.0. The fourth-order valence-corrected chi connectivity index (χ4v) is 3.26. The lowest BCUT2D eigenvalue weighted by Gasteiger charge is -2.09. The highest BCUT2D eigenvalue weighted by atomic mass is 79.9. The van der Waals surface area contributed by atoms with Crippen LogP contribution in [0.4, 0.5) is 5.69 Å². The van der Waals surface area contributed by atoms with E-state index in [1.807, 2.05) is 19.2 Å². The minimum atomic E-state index is -3.63. The normalized spacial score (nSPS) is 11.3. The van der Waals surface area contributed by atoms with Crippen LogP contribution < -0.4 is 10.0 Å². The zero-order valence-corrected chi connectivity index (χ0v) is 13.2. The fourth-order valence-electron chi connectivity index (χ4n) is 1.70. The van der Waals surface area contributed by atoms with E-state index in [1.165, 1.54) is 18.5 Å². The van der Waals surface area contributed by atoms with Crippen LogP contribution in [0, 0.1) is 0 Å². The maximum Gasteiger partial charge on any atom is 0.263 e. The van der Waals surface area contributed by atoms with E-state index in [2.05, 4.69) is 31.0 Å². The van der Waals surface area contributed by atoms with Crippen LogP contribution in [0.5, 0.6) is 0 Å². The molecule has 0 saturated carbocycles. The number of rotatable bonds is 5. The van der Waals surface area contributed by atoms with Crippen LogP contribution in [0.25, 0.3) is 0 Å². The number of anilines is 1. The molecule has 0 saturated heterocycles. The molecule has 0 atom stereocenters. The first-order valence-electron chi connectivity index (χ1n) is 5.88. The molecule has 1 aromatic heterocycles. The smallest absolute Gasteiger partial charge is 0.263 e. The summed E-state index contributed by atoms with van der Waals surface area (Å²) in [4.78, 5) is 3.98. The molecule has 20 heavy (non-hydrogen) atoms. The standard InChI is InChI=1S/C13H14BrN3O2S/c1-15-7-10-3-2-4-12(5-10)17-20(18,19)13-6-11(14)8-16-9-13/h2-6,8-9,15,17H,7H2,1H3. The highest BCUT2D eigenvalue weighted by Gasteiger charge is 2.15. The quantitative estimate of drug-likeness (QED) is 0.863. The lowest BCUT2D eigenvalue weighted by Crippen LogP contribution is -2.13. The van der Waals surface area contributed by atoms with Crippen molar-refractivity contribution in [3.8, 4) is 0 Å². The molecule has 2 N–H and O–H groups in total. The third-order valence-corrected chi connectivity index (χ3v) is 4.33. The summed E-state index contributed by atoms with van der Waals surface area (Å²) in [5.74, 6) is 0. The van der Waals surface area contributed by atoms with Gasteiger partial charge in [0.25, 0.3) is 10.0 Å². The van der Waals surface area contributed by atoms with E-state index in [4.69, 9.17) is 0 Å². The maximum absolute atomic E-state index is 12.2. The second-order valence-corrected chi connectivity index (χ2v) is 6.77. The van der Waals surface area contributed by atoms with Crippen molar-refractivity contribution in [1.29, 1.82) is 0 Å². The van der Waals surface area contributed by atoms with Crippen LogP contribution in [0.2, 0.25) is 0 Å². The van der Waals surface area contributed by atoms with Crippen LogP contribution in [0.15, 0.2) is 52.1 Å². The number of hydrogen-bond donors (Lipinski definition) is 2. The van der Waals surface area contributed by atoms with Gasteiger partial charge in [0.15, 0.2) is 0 Å². The summed E-state index contributed by atoms with van der Waals surface area (Å²) in [5.41, 5.74) is 1.53. The predicted octanol–water partition coefficient (Wildman–Crippen LogP) is 2.36. The first-order valence-corrected chi connectivity index (χ1v) is 8.16. The first-order chi connectivity index (χ1) is 9.51. The molecule has 0 unspecified atom stereocenters. The van der Waals surface area contributed by atoms with Crippen molar-refractivity contribution in [2.24, 2.45) is 0 Å². The largest absolute Gasteiger partial charge is 0.316 e. The Hall–Kier alpha value is -1.44. The molecular weight excluding hydrogens is 342 g/mol. The van der Waals surface area contributed by atoms with E-state index in [1.54, 1.807) is 12.1 Å². The van der Waals surface area contributed by atoms with Gasteiger partial charge < -0.3 is 5.32 Å². The van der Waals surface area contributed by atoms with E-state index in [9.17, 15) is 8.42 Å². The van der Waals surface area contributed by atoms with Crippen LogP contribution in [-0.4, -0.2) is 20.4 Å². The van der Waals surface area contributed by atoms with Crippen LogP contribution in [-0.2, 0) is 16.6 Å². The van der Waals surface area contributed by atoms with E-state index in [0.717, 1.165) is 5.56 Å². The number of nitrogens with one attached hydrogen (secondary N) is 2. The maximum atomic E-state index is 12.2. The molecule has 0 amide bonds. The van der Waals surface area contributed by atoms with E-state index < -0.39 is 10.0 Å². The van der Waals surface area contributed by atoms with Gasteiger partial charge in [-0.2, -0.15) is 0 Å². The number of sulfonamides is 1. The molecule has 2 rings (SSSR count). The highest BCUT2D eigenvalue weighted by molar-refractivity contribution is 9.10. The summed E-state index contributed by atoms with van der Waals surface area (Å²) in [6, 6.07) is 8.74. The average molecular weight is 356 g/mol. The Bertz CT molecular complexity index is 704. The number of aromatic nitrogens is 1. The van der Waals surface area contributed by atoms with Gasteiger partial charge >= 0.3 is 0 Å². The number of benzene rings is 1. The molecule has 0 spiro atoms. The molecule has 0 bridgehead atoms. The second-order valence-electron chi connectivity index (χ2n) is 4.18. The molecular formula is C13H14BrN3O2S. The van der Waals surface area contributed by atoms with Crippen molar-refractivity contribution in [3.63, 3.8) is 0 Å². The number of pyridine rings is 1. The average Bonchev–Trinajstić information content (AvgIpc) is 2.39. The minimum Gasteiger partial charge on any atom is -0.316 e. The topological polar surface area (TPSA) is 71.1 Å². The lowest BCUT2D eigenvalue weighted by atomic mass is 10.2. The summed E-state index contributed by atoms with van der Waals surface area (Å²) in [5, 5.41) is 3.02. The molecule has 0 aliphatic rings. The van der Waals surface area contributed by atoms with E-state index >= 15 is 0 Å². The lowest BCUT2D eigenvalue weighted by molar-refractivity contribution is 0.600. The summed E-state index contributed by atoms with van der Waals surface area (Å²) in [7, 11) is -1.79. The Balaban J connectivity index is 2.26. The summed E-state index contributed by atoms with van der Waals surface area (Å²) in [6.45, 7) is 0.675. The van der Waals surface area contributed by atoms with Gasteiger partial charge in [0.05, 0.1) is 0 Å². The van der Waals surface area contributed by atoms with Crippen molar-refractivity contribution in [3.05, 3.63) is 52.8 Å². The summed E-state index contributed by atoms with van der Waals surface area (Å²) in [6.07, 6.45) is 2.84. The molecule has 0 aliphatic heterocycles. The summed E-state index contributed by atoms with van der Waals surface area (Å²) >= 11 is 3.21. The van der Waals surface area contributed by atoms with Gasteiger partial charge in [0.2, 0.25) is 0 Å². The molecule has 2 aromatic rings. The molecule has 0 aliphatic carbocycles. The Morgan fingerprint density at radius 1 is 1.25 bits per heavy atom. The van der Waals surface area contributed by atoms with Gasteiger partial charge in [-0.1, -0.05) is 12.1 Å². The second kappa shape index (κ2) is 6.34. The fraction of sp³-hybridized carbons (Fsp3) is 0.154. The van der Waals surface area contributed by atoms with Gasteiger partial charge in [-0.25, -0.2) is 8.42 Å².